The second kappa shape index (κ2) is 12.8. The molecule has 0 radical (unpaired) electrons. The quantitative estimate of drug-likeness (QED) is 0.158. The highest BCUT2D eigenvalue weighted by Crippen LogP contribution is 2.47. The average Bonchev–Trinajstić information content (AvgIpc) is 3.83. The summed E-state index contributed by atoms with van der Waals surface area (Å²) in [5.41, 5.74) is 12.0. The fourth-order valence-electron chi connectivity index (χ4n) is 10.2. The largest absolute Gasteiger partial charge is 0.309 e. The molecule has 0 aliphatic carbocycles. The van der Waals surface area contributed by atoms with E-state index in [0.717, 1.165) is 11.4 Å². The van der Waals surface area contributed by atoms with Gasteiger partial charge in [0.1, 0.15) is 0 Å². The Morgan fingerprint density at radius 2 is 0.550 bits per heavy atom. The first-order chi connectivity index (χ1) is 29.8. The molecular weight excluding hydrogens is 725 g/mol. The summed E-state index contributed by atoms with van der Waals surface area (Å²) in [7, 11) is 0. The third-order valence-corrected chi connectivity index (χ3v) is 12.8. The third kappa shape index (κ3) is 4.82. The molecule has 0 bridgehead atoms. The van der Waals surface area contributed by atoms with Gasteiger partial charge in [-0.05, 0) is 126 Å². The van der Waals surface area contributed by atoms with Crippen LogP contribution in [0.1, 0.15) is 0 Å². The van der Waals surface area contributed by atoms with Crippen molar-refractivity contribution in [3.8, 4) is 33.6 Å². The van der Waals surface area contributed by atoms with E-state index in [0.29, 0.717) is 0 Å². The van der Waals surface area contributed by atoms with E-state index >= 15 is 0 Å². The van der Waals surface area contributed by atoms with Crippen LogP contribution in [0.2, 0.25) is 0 Å². The molecule has 0 aliphatic rings. The molecule has 0 fully saturated rings. The van der Waals surface area contributed by atoms with Crippen molar-refractivity contribution in [3.63, 3.8) is 0 Å². The first-order valence-electron chi connectivity index (χ1n) is 20.8. The Balaban J connectivity index is 1.19. The molecule has 0 saturated carbocycles. The number of rotatable bonds is 4. The molecule has 0 atom stereocenters. The summed E-state index contributed by atoms with van der Waals surface area (Å²) >= 11 is 0. The predicted molar refractivity (Wildman–Crippen MR) is 256 cm³/mol. The van der Waals surface area contributed by atoms with E-state index in [1.807, 2.05) is 0 Å². The fraction of sp³-hybridized carbons (Fsp3) is 0. The Kier molecular flexibility index (Phi) is 7.05. The van der Waals surface area contributed by atoms with Gasteiger partial charge < -0.3 is 9.13 Å². The monoisotopic (exact) mass is 760 g/mol. The lowest BCUT2D eigenvalue weighted by molar-refractivity contribution is 1.18. The average molecular weight is 761 g/mol. The predicted octanol–water partition coefficient (Wildman–Crippen LogP) is 15.8. The molecule has 0 aliphatic heterocycles. The summed E-state index contributed by atoms with van der Waals surface area (Å²) in [6, 6.07) is 80.9. The lowest BCUT2D eigenvalue weighted by Gasteiger charge is -2.21. The SMILES string of the molecule is c1ccc2cc(-c3c4ccc(-n5c6ccccc6c6ccccc65)cc4c(-c4ccc5ccccc5c4)c4ccc(-n5c6ccccc6c6ccccc65)cc34)ccc2c1. The number of hydrogen-bond acceptors (Lipinski definition) is 0. The number of hydrogen-bond donors (Lipinski definition) is 0. The number of para-hydroxylation sites is 4. The molecule has 2 heteroatoms. The maximum absolute atomic E-state index is 2.45. The summed E-state index contributed by atoms with van der Waals surface area (Å²) in [5, 5.41) is 14.9. The zero-order valence-corrected chi connectivity index (χ0v) is 32.7. The first-order valence-corrected chi connectivity index (χ1v) is 20.8. The van der Waals surface area contributed by atoms with Crippen molar-refractivity contribution in [1.29, 1.82) is 0 Å². The summed E-state index contributed by atoms with van der Waals surface area (Å²) in [6.45, 7) is 0. The minimum atomic E-state index is 1.15. The van der Waals surface area contributed by atoms with Gasteiger partial charge in [-0.1, -0.05) is 158 Å². The van der Waals surface area contributed by atoms with Gasteiger partial charge in [-0.15, -0.1) is 0 Å². The molecule has 278 valence electrons. The highest BCUT2D eigenvalue weighted by Gasteiger charge is 2.21. The van der Waals surface area contributed by atoms with Crippen LogP contribution in [0, 0.1) is 0 Å². The van der Waals surface area contributed by atoms with Gasteiger partial charge in [-0.25, -0.2) is 0 Å². The second-order valence-corrected chi connectivity index (χ2v) is 16.1. The Morgan fingerprint density at radius 1 is 0.217 bits per heavy atom. The summed E-state index contributed by atoms with van der Waals surface area (Å²) in [5.74, 6) is 0. The molecule has 11 aromatic carbocycles. The number of benzene rings is 11. The van der Waals surface area contributed by atoms with Crippen molar-refractivity contribution < 1.29 is 0 Å². The maximum atomic E-state index is 2.45. The van der Waals surface area contributed by atoms with Crippen LogP contribution in [0.25, 0.3) is 120 Å². The Morgan fingerprint density at radius 3 is 0.933 bits per heavy atom. The zero-order chi connectivity index (χ0) is 39.3. The van der Waals surface area contributed by atoms with E-state index in [1.165, 1.54) is 109 Å². The van der Waals surface area contributed by atoms with Gasteiger partial charge in [0, 0.05) is 32.9 Å². The molecule has 0 N–H and O–H groups in total. The van der Waals surface area contributed by atoms with Gasteiger partial charge in [0.15, 0.2) is 0 Å². The van der Waals surface area contributed by atoms with E-state index in [-0.39, 0.29) is 0 Å². The lowest BCUT2D eigenvalue weighted by Crippen LogP contribution is -1.98. The standard InChI is InChI=1S/C58H36N2/c1-3-15-39-33-41(27-25-37(39)13-1)57-49-31-29-44(60-55-23-11-7-19-47(55)48-20-8-12-24-56(48)60)36-52(49)58(42-28-26-38-14-2-4-16-40(38)34-42)50-32-30-43(35-51(50)57)59-53-21-9-5-17-45(53)46-18-6-10-22-54(46)59/h1-36H. The van der Waals surface area contributed by atoms with Crippen LogP contribution in [0.5, 0.6) is 0 Å². The molecule has 2 heterocycles. The minimum absolute atomic E-state index is 1.15. The second-order valence-electron chi connectivity index (χ2n) is 16.1. The molecule has 2 nitrogen and oxygen atoms in total. The smallest absolute Gasteiger partial charge is 0.0541 e. The number of aromatic nitrogens is 2. The number of fused-ring (bicyclic) bond motifs is 10. The topological polar surface area (TPSA) is 9.86 Å². The fourth-order valence-corrected chi connectivity index (χ4v) is 10.2. The van der Waals surface area contributed by atoms with E-state index in [2.05, 4.69) is 228 Å². The van der Waals surface area contributed by atoms with Crippen LogP contribution in [0.3, 0.4) is 0 Å². The van der Waals surface area contributed by atoms with E-state index in [9.17, 15) is 0 Å². The molecule has 60 heavy (non-hydrogen) atoms. The van der Waals surface area contributed by atoms with Crippen LogP contribution in [-0.2, 0) is 0 Å². The van der Waals surface area contributed by atoms with Crippen molar-refractivity contribution in [2.45, 2.75) is 0 Å². The van der Waals surface area contributed by atoms with Crippen molar-refractivity contribution >= 4 is 86.7 Å². The first kappa shape index (κ1) is 33.1. The van der Waals surface area contributed by atoms with E-state index in [1.54, 1.807) is 0 Å². The van der Waals surface area contributed by atoms with E-state index in [4.69, 9.17) is 0 Å². The minimum Gasteiger partial charge on any atom is -0.309 e. The van der Waals surface area contributed by atoms with Crippen LogP contribution in [0.15, 0.2) is 218 Å². The van der Waals surface area contributed by atoms with Gasteiger partial charge in [-0.2, -0.15) is 0 Å². The highest BCUT2D eigenvalue weighted by atomic mass is 15.0. The van der Waals surface area contributed by atoms with Crippen molar-refractivity contribution in [2.75, 3.05) is 0 Å². The molecule has 2 aromatic heterocycles. The molecule has 0 unspecified atom stereocenters. The van der Waals surface area contributed by atoms with Gasteiger partial charge in [0.2, 0.25) is 0 Å². The normalized spacial score (nSPS) is 12.0. The van der Waals surface area contributed by atoms with Crippen LogP contribution in [-0.4, -0.2) is 9.13 Å². The molecule has 0 saturated heterocycles. The van der Waals surface area contributed by atoms with Gasteiger partial charge in [-0.3, -0.25) is 0 Å². The highest BCUT2D eigenvalue weighted by molar-refractivity contribution is 6.23. The zero-order valence-electron chi connectivity index (χ0n) is 32.7. The molecule has 0 amide bonds. The Bertz CT molecular complexity index is 3530. The molecule has 13 aromatic rings. The summed E-state index contributed by atoms with van der Waals surface area (Å²) < 4.78 is 4.89. The lowest BCUT2D eigenvalue weighted by atomic mass is 9.84. The van der Waals surface area contributed by atoms with Crippen LogP contribution in [0.4, 0.5) is 0 Å². The Labute approximate surface area is 346 Å². The van der Waals surface area contributed by atoms with Crippen molar-refractivity contribution in [1.82, 2.24) is 9.13 Å². The van der Waals surface area contributed by atoms with Crippen LogP contribution < -0.4 is 0 Å². The summed E-state index contributed by atoms with van der Waals surface area (Å²) in [6.07, 6.45) is 0. The van der Waals surface area contributed by atoms with Crippen LogP contribution >= 0.6 is 0 Å². The molecule has 13 rings (SSSR count). The maximum Gasteiger partial charge on any atom is 0.0541 e. The van der Waals surface area contributed by atoms with Gasteiger partial charge in [0.25, 0.3) is 0 Å². The van der Waals surface area contributed by atoms with Gasteiger partial charge >= 0.3 is 0 Å². The van der Waals surface area contributed by atoms with Crippen molar-refractivity contribution in [2.24, 2.45) is 0 Å². The molecular formula is C58H36N2. The summed E-state index contributed by atoms with van der Waals surface area (Å²) in [4.78, 5) is 0. The molecule has 0 spiro atoms. The van der Waals surface area contributed by atoms with Gasteiger partial charge in [0.05, 0.1) is 22.1 Å². The third-order valence-electron chi connectivity index (χ3n) is 12.8. The van der Waals surface area contributed by atoms with Crippen molar-refractivity contribution in [3.05, 3.63) is 218 Å². The van der Waals surface area contributed by atoms with E-state index < -0.39 is 0 Å². The number of nitrogens with zero attached hydrogens (tertiary/aromatic N) is 2. The Hall–Kier alpha value is -7.94.